The number of fused-ring (bicyclic) bond motifs is 1. The first-order chi connectivity index (χ1) is 16.7. The number of benzene rings is 2. The summed E-state index contributed by atoms with van der Waals surface area (Å²) < 4.78 is 0. The van der Waals surface area contributed by atoms with E-state index < -0.39 is 5.92 Å². The Labute approximate surface area is 206 Å². The summed E-state index contributed by atoms with van der Waals surface area (Å²) in [5, 5.41) is 0. The van der Waals surface area contributed by atoms with Gasteiger partial charge in [0.25, 0.3) is 0 Å². The molecule has 34 heavy (non-hydrogen) atoms. The molecule has 0 aliphatic heterocycles. The van der Waals surface area contributed by atoms with E-state index >= 15 is 0 Å². The lowest BCUT2D eigenvalue weighted by Gasteiger charge is -2.24. The van der Waals surface area contributed by atoms with Crippen molar-refractivity contribution in [3.05, 3.63) is 65.7 Å². The van der Waals surface area contributed by atoms with E-state index in [0.717, 1.165) is 18.5 Å². The van der Waals surface area contributed by atoms with Gasteiger partial charge >= 0.3 is 0 Å². The molecule has 0 N–H and O–H groups in total. The smallest absolute Gasteiger partial charge is 0.208 e. The number of nitrogens with zero attached hydrogens (tertiary/aromatic N) is 1. The van der Waals surface area contributed by atoms with E-state index in [-0.39, 0.29) is 11.6 Å². The van der Waals surface area contributed by atoms with Gasteiger partial charge in [-0.25, -0.2) is 4.99 Å². The van der Waals surface area contributed by atoms with E-state index in [1.165, 1.54) is 70.6 Å². The van der Waals surface area contributed by atoms with Gasteiger partial charge in [0, 0.05) is 11.1 Å². The summed E-state index contributed by atoms with van der Waals surface area (Å²) in [6, 6.07) is 16.7. The number of rotatable bonds is 15. The second kappa shape index (κ2) is 14.7. The first-order valence-electron chi connectivity index (χ1n) is 13.5. The largest absolute Gasteiger partial charge is 0.293 e. The molecule has 0 radical (unpaired) electrons. The monoisotopic (exact) mass is 459 g/mol. The number of carbonyl (C=O) groups is 2. The molecule has 1 unspecified atom stereocenters. The Hall–Kier alpha value is -2.55. The van der Waals surface area contributed by atoms with Crippen LogP contribution in [0.3, 0.4) is 0 Å². The molecule has 0 saturated carbocycles. The average Bonchev–Trinajstić information content (AvgIpc) is 2.87. The van der Waals surface area contributed by atoms with Crippen molar-refractivity contribution in [3.8, 4) is 0 Å². The van der Waals surface area contributed by atoms with Gasteiger partial charge in [0.2, 0.25) is 5.78 Å². The summed E-state index contributed by atoms with van der Waals surface area (Å²) in [5.74, 6) is -0.488. The quantitative estimate of drug-likeness (QED) is 0.250. The Morgan fingerprint density at radius 3 is 1.71 bits per heavy atom. The number of ketones is 2. The number of para-hydroxylation sites is 1. The first-order valence-corrected chi connectivity index (χ1v) is 13.5. The first kappa shape index (κ1) is 26.1. The van der Waals surface area contributed by atoms with Crippen LogP contribution >= 0.6 is 0 Å². The van der Waals surface area contributed by atoms with E-state index in [4.69, 9.17) is 0 Å². The highest BCUT2D eigenvalue weighted by Crippen LogP contribution is 2.29. The van der Waals surface area contributed by atoms with Crippen LogP contribution in [0.25, 0.3) is 0 Å². The number of hydrogen-bond donors (Lipinski definition) is 0. The van der Waals surface area contributed by atoms with Crippen molar-refractivity contribution in [2.24, 2.45) is 10.9 Å². The lowest BCUT2D eigenvalue weighted by molar-refractivity contribution is 0.0914. The number of unbranched alkanes of at least 4 members (excludes halogenated alkanes) is 12. The highest BCUT2D eigenvalue weighted by Gasteiger charge is 2.37. The van der Waals surface area contributed by atoms with Gasteiger partial charge in [-0.1, -0.05) is 133 Å². The van der Waals surface area contributed by atoms with Crippen LogP contribution in [-0.2, 0) is 0 Å². The van der Waals surface area contributed by atoms with E-state index in [1.54, 1.807) is 12.1 Å². The molecule has 1 aliphatic rings. The van der Waals surface area contributed by atoms with Gasteiger partial charge in [0.05, 0.1) is 17.3 Å². The lowest BCUT2D eigenvalue weighted by Crippen LogP contribution is -2.37. The van der Waals surface area contributed by atoms with E-state index in [2.05, 4.69) is 11.9 Å². The molecule has 0 amide bonds. The zero-order chi connectivity index (χ0) is 24.0. The summed E-state index contributed by atoms with van der Waals surface area (Å²) in [6.45, 7) is 2.27. The van der Waals surface area contributed by atoms with Crippen LogP contribution in [0.15, 0.2) is 59.6 Å². The number of hydrogen-bond acceptors (Lipinski definition) is 3. The standard InChI is InChI=1S/C31H41NO2/c1-2-3-4-5-6-7-8-9-10-11-12-13-17-24-28-29(32-25-20-15-14-16-21-25)31(34)27-23-19-18-22-26(27)30(28)33/h14-16,18-23,28H,2-13,17,24H2,1H3. The molecule has 0 saturated heterocycles. The van der Waals surface area contributed by atoms with Crippen molar-refractivity contribution in [3.63, 3.8) is 0 Å². The molecule has 0 heterocycles. The maximum absolute atomic E-state index is 13.3. The Morgan fingerprint density at radius 1 is 0.618 bits per heavy atom. The summed E-state index contributed by atoms with van der Waals surface area (Å²) in [4.78, 5) is 31.2. The fourth-order valence-electron chi connectivity index (χ4n) is 4.91. The maximum atomic E-state index is 13.3. The topological polar surface area (TPSA) is 46.5 Å². The molecule has 0 aromatic heterocycles. The average molecular weight is 460 g/mol. The SMILES string of the molecule is CCCCCCCCCCCCCCCC1C(=O)c2ccccc2C(=O)C1=Nc1ccccc1. The van der Waals surface area contributed by atoms with Crippen molar-refractivity contribution < 1.29 is 9.59 Å². The fourth-order valence-corrected chi connectivity index (χ4v) is 4.91. The minimum atomic E-state index is -0.435. The number of carbonyl (C=O) groups excluding carboxylic acids is 2. The highest BCUT2D eigenvalue weighted by molar-refractivity contribution is 6.54. The van der Waals surface area contributed by atoms with Gasteiger partial charge in [-0.15, -0.1) is 0 Å². The molecule has 2 aromatic carbocycles. The molecule has 1 aliphatic carbocycles. The zero-order valence-corrected chi connectivity index (χ0v) is 20.9. The lowest BCUT2D eigenvalue weighted by atomic mass is 9.78. The van der Waals surface area contributed by atoms with Gasteiger partial charge in [0.15, 0.2) is 5.78 Å². The predicted molar refractivity (Wildman–Crippen MR) is 142 cm³/mol. The Kier molecular flexibility index (Phi) is 11.2. The van der Waals surface area contributed by atoms with Crippen LogP contribution in [0.1, 0.15) is 118 Å². The van der Waals surface area contributed by atoms with Crippen molar-refractivity contribution in [1.82, 2.24) is 0 Å². The second-order valence-corrected chi connectivity index (χ2v) is 9.66. The number of aliphatic imine (C=N–C) groups is 1. The van der Waals surface area contributed by atoms with Crippen LogP contribution in [0.4, 0.5) is 5.69 Å². The molecule has 182 valence electrons. The van der Waals surface area contributed by atoms with Crippen molar-refractivity contribution in [2.75, 3.05) is 0 Å². The molecule has 0 fully saturated rings. The van der Waals surface area contributed by atoms with Crippen LogP contribution in [0.2, 0.25) is 0 Å². The number of Topliss-reactive ketones (excluding diaryl/α,β-unsaturated/α-hetero) is 2. The molecule has 3 heteroatoms. The van der Waals surface area contributed by atoms with Crippen molar-refractivity contribution >= 4 is 23.0 Å². The van der Waals surface area contributed by atoms with Crippen LogP contribution in [0, 0.1) is 5.92 Å². The molecule has 0 spiro atoms. The molecular formula is C31H41NO2. The van der Waals surface area contributed by atoms with Crippen molar-refractivity contribution in [1.29, 1.82) is 0 Å². The third-order valence-corrected chi connectivity index (χ3v) is 6.92. The summed E-state index contributed by atoms with van der Waals surface area (Å²) in [7, 11) is 0. The van der Waals surface area contributed by atoms with Gasteiger partial charge in [-0.3, -0.25) is 9.59 Å². The maximum Gasteiger partial charge on any atom is 0.208 e. The van der Waals surface area contributed by atoms with E-state index in [1.807, 2.05) is 42.5 Å². The molecule has 0 bridgehead atoms. The van der Waals surface area contributed by atoms with E-state index in [0.29, 0.717) is 23.3 Å². The summed E-state index contributed by atoms with van der Waals surface area (Å²) in [5.41, 5.74) is 2.19. The summed E-state index contributed by atoms with van der Waals surface area (Å²) in [6.07, 6.45) is 17.5. The third kappa shape index (κ3) is 7.75. The summed E-state index contributed by atoms with van der Waals surface area (Å²) >= 11 is 0. The normalized spacial score (nSPS) is 16.7. The van der Waals surface area contributed by atoms with Crippen LogP contribution < -0.4 is 0 Å². The zero-order valence-electron chi connectivity index (χ0n) is 20.9. The molecular weight excluding hydrogens is 418 g/mol. The van der Waals surface area contributed by atoms with Gasteiger partial charge < -0.3 is 0 Å². The second-order valence-electron chi connectivity index (χ2n) is 9.66. The minimum Gasteiger partial charge on any atom is -0.293 e. The van der Waals surface area contributed by atoms with E-state index in [9.17, 15) is 9.59 Å². The Balaban J connectivity index is 1.46. The van der Waals surface area contributed by atoms with Gasteiger partial charge in [-0.05, 0) is 18.6 Å². The third-order valence-electron chi connectivity index (χ3n) is 6.92. The molecule has 3 rings (SSSR count). The van der Waals surface area contributed by atoms with Gasteiger partial charge in [-0.2, -0.15) is 0 Å². The highest BCUT2D eigenvalue weighted by atomic mass is 16.1. The predicted octanol–water partition coefficient (Wildman–Crippen LogP) is 8.94. The van der Waals surface area contributed by atoms with Crippen LogP contribution in [-0.4, -0.2) is 17.3 Å². The molecule has 2 aromatic rings. The van der Waals surface area contributed by atoms with Gasteiger partial charge in [0.1, 0.15) is 0 Å². The fraction of sp³-hybridized carbons (Fsp3) is 0.516. The molecule has 3 nitrogen and oxygen atoms in total. The molecule has 1 atom stereocenters. The van der Waals surface area contributed by atoms with Crippen molar-refractivity contribution in [2.45, 2.75) is 96.8 Å². The Morgan fingerprint density at radius 2 is 1.12 bits per heavy atom. The Bertz CT molecular complexity index is 931. The minimum absolute atomic E-state index is 0.0452. The van der Waals surface area contributed by atoms with Crippen LogP contribution in [0.5, 0.6) is 0 Å².